The van der Waals surface area contributed by atoms with Crippen LogP contribution in [0.1, 0.15) is 19.8 Å². The molecule has 5 nitrogen and oxygen atoms in total. The van der Waals surface area contributed by atoms with Crippen molar-refractivity contribution in [2.75, 3.05) is 6.61 Å². The lowest BCUT2D eigenvalue weighted by molar-refractivity contribution is -0.134. The zero-order chi connectivity index (χ0) is 9.47. The Morgan fingerprint density at radius 3 is 2.69 bits per heavy atom. The van der Waals surface area contributed by atoms with Crippen molar-refractivity contribution in [2.45, 2.75) is 31.4 Å². The van der Waals surface area contributed by atoms with Crippen LogP contribution in [0.4, 0.5) is 4.79 Å². The fourth-order valence-corrected chi connectivity index (χ4v) is 1.89. The van der Waals surface area contributed by atoms with Crippen molar-refractivity contribution in [3.8, 4) is 0 Å². The second-order valence-electron chi connectivity index (χ2n) is 3.48. The van der Waals surface area contributed by atoms with Crippen LogP contribution in [-0.4, -0.2) is 30.2 Å². The van der Waals surface area contributed by atoms with Gasteiger partial charge in [-0.2, -0.15) is 0 Å². The van der Waals surface area contributed by atoms with Gasteiger partial charge in [-0.1, -0.05) is 0 Å². The molecule has 0 unspecified atom stereocenters. The Hall–Kier alpha value is -1.10. The molecule has 2 fully saturated rings. The molecule has 0 aromatic heterocycles. The SMILES string of the molecule is CCOC1CC2(C1)NC(=O)NC2=O. The van der Waals surface area contributed by atoms with E-state index in [0.29, 0.717) is 19.4 Å². The van der Waals surface area contributed by atoms with Crippen molar-refractivity contribution < 1.29 is 14.3 Å². The van der Waals surface area contributed by atoms with E-state index in [1.807, 2.05) is 6.92 Å². The van der Waals surface area contributed by atoms with Gasteiger partial charge in [-0.3, -0.25) is 10.1 Å². The van der Waals surface area contributed by atoms with E-state index in [1.54, 1.807) is 0 Å². The second-order valence-corrected chi connectivity index (χ2v) is 3.48. The Morgan fingerprint density at radius 2 is 2.23 bits per heavy atom. The summed E-state index contributed by atoms with van der Waals surface area (Å²) in [7, 11) is 0. The van der Waals surface area contributed by atoms with Crippen LogP contribution in [0.2, 0.25) is 0 Å². The van der Waals surface area contributed by atoms with Crippen LogP contribution in [0.5, 0.6) is 0 Å². The number of rotatable bonds is 2. The maximum atomic E-state index is 11.3. The minimum Gasteiger partial charge on any atom is -0.378 e. The van der Waals surface area contributed by atoms with E-state index in [2.05, 4.69) is 10.6 Å². The summed E-state index contributed by atoms with van der Waals surface area (Å²) in [5.74, 6) is -0.214. The maximum absolute atomic E-state index is 11.3. The average molecular weight is 184 g/mol. The van der Waals surface area contributed by atoms with Gasteiger partial charge >= 0.3 is 6.03 Å². The molecule has 1 saturated heterocycles. The van der Waals surface area contributed by atoms with Crippen molar-refractivity contribution in [3.05, 3.63) is 0 Å². The van der Waals surface area contributed by atoms with Crippen molar-refractivity contribution >= 4 is 11.9 Å². The Labute approximate surface area is 75.8 Å². The topological polar surface area (TPSA) is 67.4 Å². The smallest absolute Gasteiger partial charge is 0.322 e. The number of ether oxygens (including phenoxy) is 1. The molecule has 1 aliphatic carbocycles. The number of carbonyl (C=O) groups is 2. The molecule has 0 atom stereocenters. The molecule has 1 aliphatic heterocycles. The first-order valence-electron chi connectivity index (χ1n) is 4.41. The summed E-state index contributed by atoms with van der Waals surface area (Å²) < 4.78 is 5.32. The molecule has 0 bridgehead atoms. The van der Waals surface area contributed by atoms with E-state index in [1.165, 1.54) is 0 Å². The van der Waals surface area contributed by atoms with Crippen LogP contribution < -0.4 is 10.6 Å². The van der Waals surface area contributed by atoms with Crippen LogP contribution in [0.15, 0.2) is 0 Å². The van der Waals surface area contributed by atoms with Crippen molar-refractivity contribution in [1.29, 1.82) is 0 Å². The van der Waals surface area contributed by atoms with E-state index in [-0.39, 0.29) is 18.0 Å². The normalized spacial score (nSPS) is 37.2. The summed E-state index contributed by atoms with van der Waals surface area (Å²) in [6.07, 6.45) is 1.31. The molecule has 0 aromatic carbocycles. The molecule has 5 heteroatoms. The number of carbonyl (C=O) groups excluding carboxylic acids is 2. The monoisotopic (exact) mass is 184 g/mol. The lowest BCUT2D eigenvalue weighted by atomic mass is 9.74. The Balaban J connectivity index is 1.96. The van der Waals surface area contributed by atoms with Gasteiger partial charge in [0.15, 0.2) is 0 Å². The fourth-order valence-electron chi connectivity index (χ4n) is 1.89. The van der Waals surface area contributed by atoms with Crippen LogP contribution in [-0.2, 0) is 9.53 Å². The predicted molar refractivity (Wildman–Crippen MR) is 44.1 cm³/mol. The summed E-state index contributed by atoms with van der Waals surface area (Å²) in [4.78, 5) is 22.1. The quantitative estimate of drug-likeness (QED) is 0.582. The first kappa shape index (κ1) is 8.50. The Bertz CT molecular complexity index is 258. The van der Waals surface area contributed by atoms with Crippen LogP contribution in [0.25, 0.3) is 0 Å². The lowest BCUT2D eigenvalue weighted by Gasteiger charge is -2.41. The van der Waals surface area contributed by atoms with Crippen LogP contribution in [0.3, 0.4) is 0 Å². The first-order valence-corrected chi connectivity index (χ1v) is 4.41. The molecule has 72 valence electrons. The molecule has 3 amide bonds. The summed E-state index contributed by atoms with van der Waals surface area (Å²) in [6.45, 7) is 2.56. The van der Waals surface area contributed by atoms with Gasteiger partial charge in [-0.05, 0) is 6.92 Å². The Kier molecular flexibility index (Phi) is 1.76. The Morgan fingerprint density at radius 1 is 1.54 bits per heavy atom. The standard InChI is InChI=1S/C8H12N2O3/c1-2-13-5-3-8(4-5)6(11)9-7(12)10-8/h5H,2-4H2,1H3,(H2,9,10,11,12). The van der Waals surface area contributed by atoms with E-state index in [0.717, 1.165) is 0 Å². The third kappa shape index (κ3) is 1.19. The molecule has 2 rings (SSSR count). The predicted octanol–water partition coefficient (Wildman–Crippen LogP) is -0.237. The lowest BCUT2D eigenvalue weighted by Crippen LogP contribution is -2.59. The highest BCUT2D eigenvalue weighted by Gasteiger charge is 2.55. The fraction of sp³-hybridized carbons (Fsp3) is 0.750. The van der Waals surface area contributed by atoms with Crippen molar-refractivity contribution in [3.63, 3.8) is 0 Å². The molecule has 13 heavy (non-hydrogen) atoms. The highest BCUT2D eigenvalue weighted by Crippen LogP contribution is 2.36. The largest absolute Gasteiger partial charge is 0.378 e. The molecule has 0 radical (unpaired) electrons. The van der Waals surface area contributed by atoms with Crippen LogP contribution in [0, 0.1) is 0 Å². The molecule has 1 spiro atoms. The van der Waals surface area contributed by atoms with E-state index in [9.17, 15) is 9.59 Å². The third-order valence-electron chi connectivity index (χ3n) is 2.57. The summed E-state index contributed by atoms with van der Waals surface area (Å²) in [6, 6.07) is -0.389. The highest BCUT2D eigenvalue weighted by atomic mass is 16.5. The zero-order valence-corrected chi connectivity index (χ0v) is 7.42. The molecule has 0 aromatic rings. The first-order chi connectivity index (χ1) is 6.16. The van der Waals surface area contributed by atoms with E-state index in [4.69, 9.17) is 4.74 Å². The third-order valence-corrected chi connectivity index (χ3v) is 2.57. The average Bonchev–Trinajstić information content (AvgIpc) is 2.26. The second kappa shape index (κ2) is 2.70. The zero-order valence-electron chi connectivity index (χ0n) is 7.42. The number of urea groups is 1. The molecule has 1 heterocycles. The number of hydrogen-bond acceptors (Lipinski definition) is 3. The van der Waals surface area contributed by atoms with Crippen LogP contribution >= 0.6 is 0 Å². The molecular weight excluding hydrogens is 172 g/mol. The molecule has 2 N–H and O–H groups in total. The number of imide groups is 1. The van der Waals surface area contributed by atoms with Gasteiger partial charge in [0.25, 0.3) is 5.91 Å². The molecule has 2 aliphatic rings. The summed E-state index contributed by atoms with van der Waals surface area (Å²) in [5, 5.41) is 4.85. The minimum absolute atomic E-state index is 0.120. The van der Waals surface area contributed by atoms with Crippen molar-refractivity contribution in [2.24, 2.45) is 0 Å². The van der Waals surface area contributed by atoms with Gasteiger partial charge in [0.05, 0.1) is 6.10 Å². The molecular formula is C8H12N2O3. The van der Waals surface area contributed by atoms with Gasteiger partial charge in [0.1, 0.15) is 5.54 Å². The van der Waals surface area contributed by atoms with E-state index < -0.39 is 5.54 Å². The summed E-state index contributed by atoms with van der Waals surface area (Å²) in [5.41, 5.74) is -0.656. The maximum Gasteiger partial charge on any atom is 0.322 e. The molecule has 1 saturated carbocycles. The van der Waals surface area contributed by atoms with Gasteiger partial charge in [0.2, 0.25) is 0 Å². The van der Waals surface area contributed by atoms with Gasteiger partial charge in [-0.25, -0.2) is 4.79 Å². The van der Waals surface area contributed by atoms with Gasteiger partial charge in [-0.15, -0.1) is 0 Å². The van der Waals surface area contributed by atoms with Crippen molar-refractivity contribution in [1.82, 2.24) is 10.6 Å². The number of hydrogen-bond donors (Lipinski definition) is 2. The van der Waals surface area contributed by atoms with Gasteiger partial charge in [0, 0.05) is 19.4 Å². The summed E-state index contributed by atoms with van der Waals surface area (Å²) >= 11 is 0. The van der Waals surface area contributed by atoms with E-state index >= 15 is 0 Å². The number of amides is 3. The number of nitrogens with one attached hydrogen (secondary N) is 2. The minimum atomic E-state index is -0.656. The highest BCUT2D eigenvalue weighted by molar-refractivity contribution is 6.07. The van der Waals surface area contributed by atoms with Gasteiger partial charge < -0.3 is 10.1 Å².